The molecule has 36 heavy (non-hydrogen) atoms. The molecule has 190 valence electrons. The first-order valence-electron chi connectivity index (χ1n) is 11.6. The fourth-order valence-electron chi connectivity index (χ4n) is 4.01. The summed E-state index contributed by atoms with van der Waals surface area (Å²) in [6.07, 6.45) is 0. The molecule has 1 fully saturated rings. The lowest BCUT2D eigenvalue weighted by molar-refractivity contribution is 0.102. The molecule has 1 amide bonds. The molecule has 0 saturated carbocycles. The number of methoxy groups -OCH3 is 1. The van der Waals surface area contributed by atoms with Crippen molar-refractivity contribution in [1.29, 1.82) is 0 Å². The minimum Gasteiger partial charge on any atom is -0.497 e. The summed E-state index contributed by atoms with van der Waals surface area (Å²) in [5.41, 5.74) is 0.998. The summed E-state index contributed by atoms with van der Waals surface area (Å²) in [7, 11) is -2.23. The van der Waals surface area contributed by atoms with Crippen LogP contribution in [0.15, 0.2) is 71.6 Å². The molecule has 0 spiro atoms. The predicted molar refractivity (Wildman–Crippen MR) is 136 cm³/mol. The second-order valence-electron chi connectivity index (χ2n) is 8.11. The van der Waals surface area contributed by atoms with Crippen LogP contribution in [-0.2, 0) is 10.0 Å². The van der Waals surface area contributed by atoms with Crippen molar-refractivity contribution < 1.29 is 27.1 Å². The van der Waals surface area contributed by atoms with E-state index in [-0.39, 0.29) is 16.1 Å². The number of nitrogens with one attached hydrogen (secondary N) is 1. The number of carbonyl (C=O) groups is 1. The Bertz CT molecular complexity index is 1320. The van der Waals surface area contributed by atoms with E-state index in [1.807, 2.05) is 24.3 Å². The van der Waals surface area contributed by atoms with Crippen molar-refractivity contribution in [2.75, 3.05) is 50.1 Å². The lowest BCUT2D eigenvalue weighted by Crippen LogP contribution is -2.48. The topological polar surface area (TPSA) is 88.2 Å². The van der Waals surface area contributed by atoms with Crippen LogP contribution in [0.3, 0.4) is 0 Å². The van der Waals surface area contributed by atoms with E-state index in [1.165, 1.54) is 40.7 Å². The number of carbonyl (C=O) groups excluding carboxylic acids is 1. The molecule has 1 aliphatic heterocycles. The Morgan fingerprint density at radius 3 is 2.33 bits per heavy atom. The molecular formula is C26H28FN3O5S. The largest absolute Gasteiger partial charge is 0.497 e. The molecule has 0 aromatic heterocycles. The van der Waals surface area contributed by atoms with Gasteiger partial charge in [0.15, 0.2) is 0 Å². The number of hydrogen-bond donors (Lipinski definition) is 1. The summed E-state index contributed by atoms with van der Waals surface area (Å²) in [6.45, 7) is 3.74. The van der Waals surface area contributed by atoms with E-state index in [4.69, 9.17) is 9.47 Å². The molecule has 8 nitrogen and oxygen atoms in total. The van der Waals surface area contributed by atoms with Crippen molar-refractivity contribution in [3.8, 4) is 11.5 Å². The Hall–Kier alpha value is -3.63. The van der Waals surface area contributed by atoms with Gasteiger partial charge < -0.3 is 19.7 Å². The quantitative estimate of drug-likeness (QED) is 0.490. The standard InChI is InChI=1S/C26H28FN3O5S/c1-3-35-25-13-12-21(18-24(25)28-26(31)22-6-4-5-7-23(22)27)36(32,33)30-16-14-29(15-17-30)19-8-10-20(34-2)11-9-19/h4-13,18H,3,14-17H2,1-2H3,(H,28,31). The number of ether oxygens (including phenoxy) is 2. The van der Waals surface area contributed by atoms with E-state index < -0.39 is 21.7 Å². The molecule has 0 radical (unpaired) electrons. The number of sulfonamides is 1. The second kappa shape index (κ2) is 11.0. The van der Waals surface area contributed by atoms with Crippen molar-refractivity contribution >= 4 is 27.3 Å². The van der Waals surface area contributed by atoms with E-state index >= 15 is 0 Å². The Labute approximate surface area is 210 Å². The minimum absolute atomic E-state index is 0.0210. The Balaban J connectivity index is 1.52. The fraction of sp³-hybridized carbons (Fsp3) is 0.269. The molecular weight excluding hydrogens is 485 g/mol. The van der Waals surface area contributed by atoms with E-state index in [0.29, 0.717) is 38.5 Å². The molecule has 0 bridgehead atoms. The van der Waals surface area contributed by atoms with Gasteiger partial charge >= 0.3 is 0 Å². The van der Waals surface area contributed by atoms with E-state index in [0.717, 1.165) is 11.4 Å². The molecule has 0 unspecified atom stereocenters. The van der Waals surface area contributed by atoms with Crippen LogP contribution >= 0.6 is 0 Å². The van der Waals surface area contributed by atoms with Crippen LogP contribution < -0.4 is 19.7 Å². The van der Waals surface area contributed by atoms with Gasteiger partial charge in [-0.05, 0) is 61.5 Å². The zero-order valence-corrected chi connectivity index (χ0v) is 20.9. The highest BCUT2D eigenvalue weighted by molar-refractivity contribution is 7.89. The molecule has 1 aliphatic rings. The number of rotatable bonds is 8. The van der Waals surface area contributed by atoms with Gasteiger partial charge in [0.05, 0.1) is 29.9 Å². The Kier molecular flexibility index (Phi) is 7.76. The van der Waals surface area contributed by atoms with Gasteiger partial charge in [-0.15, -0.1) is 0 Å². The van der Waals surface area contributed by atoms with Gasteiger partial charge in [0.25, 0.3) is 5.91 Å². The maximum atomic E-state index is 14.1. The van der Waals surface area contributed by atoms with Gasteiger partial charge in [0.1, 0.15) is 17.3 Å². The third-order valence-electron chi connectivity index (χ3n) is 5.93. The predicted octanol–water partition coefficient (Wildman–Crippen LogP) is 4.00. The molecule has 3 aromatic rings. The maximum Gasteiger partial charge on any atom is 0.258 e. The Morgan fingerprint density at radius 1 is 1.00 bits per heavy atom. The van der Waals surface area contributed by atoms with Gasteiger partial charge in [-0.3, -0.25) is 4.79 Å². The Morgan fingerprint density at radius 2 is 1.69 bits per heavy atom. The third-order valence-corrected chi connectivity index (χ3v) is 7.83. The fourth-order valence-corrected chi connectivity index (χ4v) is 5.46. The third kappa shape index (κ3) is 5.44. The van der Waals surface area contributed by atoms with E-state index in [2.05, 4.69) is 10.2 Å². The number of benzene rings is 3. The van der Waals surface area contributed by atoms with Crippen LogP contribution in [0, 0.1) is 5.82 Å². The first-order valence-corrected chi connectivity index (χ1v) is 13.0. The molecule has 0 atom stereocenters. The maximum absolute atomic E-state index is 14.1. The summed E-state index contributed by atoms with van der Waals surface area (Å²) in [4.78, 5) is 14.8. The summed E-state index contributed by atoms with van der Waals surface area (Å²) in [6, 6.07) is 17.5. The zero-order chi connectivity index (χ0) is 25.7. The highest BCUT2D eigenvalue weighted by Gasteiger charge is 2.29. The van der Waals surface area contributed by atoms with Crippen LogP contribution in [0.5, 0.6) is 11.5 Å². The molecule has 3 aromatic carbocycles. The minimum atomic E-state index is -3.84. The lowest BCUT2D eigenvalue weighted by atomic mass is 10.2. The second-order valence-corrected chi connectivity index (χ2v) is 10.1. The number of amides is 1. The summed E-state index contributed by atoms with van der Waals surface area (Å²) in [5, 5.41) is 2.60. The molecule has 1 heterocycles. The SMILES string of the molecule is CCOc1ccc(S(=O)(=O)N2CCN(c3ccc(OC)cc3)CC2)cc1NC(=O)c1ccccc1F. The molecule has 1 saturated heterocycles. The lowest BCUT2D eigenvalue weighted by Gasteiger charge is -2.35. The van der Waals surface area contributed by atoms with Gasteiger partial charge in [-0.25, -0.2) is 12.8 Å². The number of anilines is 2. The summed E-state index contributed by atoms with van der Waals surface area (Å²) in [5.74, 6) is -0.318. The average molecular weight is 514 g/mol. The molecule has 1 N–H and O–H groups in total. The van der Waals surface area contributed by atoms with E-state index in [1.54, 1.807) is 20.1 Å². The van der Waals surface area contributed by atoms with Crippen LogP contribution in [0.1, 0.15) is 17.3 Å². The normalized spacial score (nSPS) is 14.4. The number of hydrogen-bond acceptors (Lipinski definition) is 6. The molecule has 0 aliphatic carbocycles. The zero-order valence-electron chi connectivity index (χ0n) is 20.1. The summed E-state index contributed by atoms with van der Waals surface area (Å²) < 4.78 is 53.1. The van der Waals surface area contributed by atoms with Gasteiger partial charge in [0.2, 0.25) is 10.0 Å². The van der Waals surface area contributed by atoms with Crippen molar-refractivity contribution in [3.63, 3.8) is 0 Å². The number of halogens is 1. The highest BCUT2D eigenvalue weighted by Crippen LogP contribution is 2.31. The smallest absolute Gasteiger partial charge is 0.258 e. The van der Waals surface area contributed by atoms with Crippen molar-refractivity contribution in [1.82, 2.24) is 4.31 Å². The van der Waals surface area contributed by atoms with Crippen LogP contribution in [-0.4, -0.2) is 58.5 Å². The van der Waals surface area contributed by atoms with Crippen LogP contribution in [0.2, 0.25) is 0 Å². The molecule has 10 heteroatoms. The summed E-state index contributed by atoms with van der Waals surface area (Å²) >= 11 is 0. The van der Waals surface area contributed by atoms with Gasteiger partial charge in [-0.2, -0.15) is 4.31 Å². The monoisotopic (exact) mass is 513 g/mol. The highest BCUT2D eigenvalue weighted by atomic mass is 32.2. The van der Waals surface area contributed by atoms with Crippen molar-refractivity contribution in [2.45, 2.75) is 11.8 Å². The first-order chi connectivity index (χ1) is 17.3. The number of piperazine rings is 1. The average Bonchev–Trinajstić information content (AvgIpc) is 2.90. The molecule has 4 rings (SSSR count). The van der Waals surface area contributed by atoms with Gasteiger partial charge in [0, 0.05) is 31.9 Å². The van der Waals surface area contributed by atoms with Crippen LogP contribution in [0.25, 0.3) is 0 Å². The van der Waals surface area contributed by atoms with Crippen molar-refractivity contribution in [3.05, 3.63) is 78.1 Å². The van der Waals surface area contributed by atoms with Gasteiger partial charge in [-0.1, -0.05) is 12.1 Å². The van der Waals surface area contributed by atoms with Crippen LogP contribution in [0.4, 0.5) is 15.8 Å². The van der Waals surface area contributed by atoms with E-state index in [9.17, 15) is 17.6 Å². The number of nitrogens with zero attached hydrogens (tertiary/aromatic N) is 2. The first kappa shape index (κ1) is 25.5. The van der Waals surface area contributed by atoms with Crippen molar-refractivity contribution in [2.24, 2.45) is 0 Å².